The second kappa shape index (κ2) is 4.98. The number of benzene rings is 1. The zero-order valence-corrected chi connectivity index (χ0v) is 12.1. The van der Waals surface area contributed by atoms with E-state index in [1.54, 1.807) is 0 Å². The lowest BCUT2D eigenvalue weighted by Crippen LogP contribution is -2.24. The highest BCUT2D eigenvalue weighted by molar-refractivity contribution is 6.23. The molecule has 0 fully saturated rings. The van der Waals surface area contributed by atoms with Crippen molar-refractivity contribution >= 4 is 23.3 Å². The van der Waals surface area contributed by atoms with Crippen LogP contribution in [0.5, 0.6) is 0 Å². The SMILES string of the molecule is Cc1cc([N+](=O)[O-])c(F)cc1-n1c(N)c2c(cc1=O)C(=O)NC2=O. The number of nitrogen functional groups attached to an aromatic ring is 1. The predicted molar refractivity (Wildman–Crippen MR) is 79.6 cm³/mol. The zero-order chi connectivity index (χ0) is 17.8. The molecule has 3 N–H and O–H groups in total. The fourth-order valence-corrected chi connectivity index (χ4v) is 2.56. The first-order valence-corrected chi connectivity index (χ1v) is 6.58. The van der Waals surface area contributed by atoms with Crippen LogP contribution in [0.4, 0.5) is 15.9 Å². The first-order chi connectivity index (χ1) is 11.2. The molecule has 1 aliphatic heterocycles. The summed E-state index contributed by atoms with van der Waals surface area (Å²) >= 11 is 0. The van der Waals surface area contributed by atoms with Crippen molar-refractivity contribution in [2.24, 2.45) is 0 Å². The lowest BCUT2D eigenvalue weighted by Gasteiger charge is -2.14. The van der Waals surface area contributed by atoms with Crippen LogP contribution in [0.15, 0.2) is 23.0 Å². The molecule has 1 aromatic carbocycles. The Morgan fingerprint density at radius 1 is 1.21 bits per heavy atom. The Morgan fingerprint density at radius 3 is 2.50 bits per heavy atom. The highest BCUT2D eigenvalue weighted by atomic mass is 19.1. The van der Waals surface area contributed by atoms with E-state index in [0.717, 1.165) is 22.8 Å². The van der Waals surface area contributed by atoms with Gasteiger partial charge >= 0.3 is 5.69 Å². The molecule has 3 rings (SSSR count). The van der Waals surface area contributed by atoms with E-state index in [-0.39, 0.29) is 28.2 Å². The molecule has 1 aliphatic rings. The molecular weight excluding hydrogens is 323 g/mol. The third-order valence-corrected chi connectivity index (χ3v) is 3.66. The van der Waals surface area contributed by atoms with Gasteiger partial charge in [0.1, 0.15) is 5.82 Å². The number of hydrogen-bond acceptors (Lipinski definition) is 6. The number of aryl methyl sites for hydroxylation is 1. The number of pyridine rings is 1. The van der Waals surface area contributed by atoms with Gasteiger partial charge in [0.05, 0.1) is 21.7 Å². The summed E-state index contributed by atoms with van der Waals surface area (Å²) in [4.78, 5) is 45.5. The van der Waals surface area contributed by atoms with Gasteiger partial charge in [-0.25, -0.2) is 0 Å². The molecule has 0 saturated heterocycles. The number of rotatable bonds is 2. The first-order valence-electron chi connectivity index (χ1n) is 6.58. The lowest BCUT2D eigenvalue weighted by molar-refractivity contribution is -0.387. The quantitative estimate of drug-likeness (QED) is 0.471. The number of anilines is 1. The van der Waals surface area contributed by atoms with Crippen LogP contribution in [0.3, 0.4) is 0 Å². The Kier molecular flexibility index (Phi) is 3.18. The molecule has 10 heteroatoms. The predicted octanol–water partition coefficient (Wildman–Crippen LogP) is 0.659. The molecule has 0 saturated carbocycles. The van der Waals surface area contributed by atoms with Crippen LogP contribution in [-0.4, -0.2) is 21.3 Å². The summed E-state index contributed by atoms with van der Waals surface area (Å²) < 4.78 is 14.7. The number of fused-ring (bicyclic) bond motifs is 1. The zero-order valence-electron chi connectivity index (χ0n) is 12.1. The van der Waals surface area contributed by atoms with E-state index in [4.69, 9.17) is 5.73 Å². The summed E-state index contributed by atoms with van der Waals surface area (Å²) in [5.41, 5.74) is 4.08. The minimum atomic E-state index is -1.16. The van der Waals surface area contributed by atoms with Crippen LogP contribution < -0.4 is 16.6 Å². The second-order valence-corrected chi connectivity index (χ2v) is 5.12. The minimum Gasteiger partial charge on any atom is -0.384 e. The van der Waals surface area contributed by atoms with E-state index in [0.29, 0.717) is 0 Å². The van der Waals surface area contributed by atoms with Crippen molar-refractivity contribution in [1.29, 1.82) is 0 Å². The molecule has 122 valence electrons. The summed E-state index contributed by atoms with van der Waals surface area (Å²) in [5.74, 6) is -3.04. The van der Waals surface area contributed by atoms with Gasteiger partial charge in [-0.05, 0) is 12.5 Å². The first kappa shape index (κ1) is 15.3. The normalized spacial score (nSPS) is 12.9. The maximum Gasteiger partial charge on any atom is 0.305 e. The van der Waals surface area contributed by atoms with E-state index < -0.39 is 33.8 Å². The van der Waals surface area contributed by atoms with E-state index in [2.05, 4.69) is 0 Å². The fraction of sp³-hybridized carbons (Fsp3) is 0.0714. The van der Waals surface area contributed by atoms with Crippen LogP contribution >= 0.6 is 0 Å². The molecule has 2 amide bonds. The Morgan fingerprint density at radius 2 is 1.88 bits per heavy atom. The number of carbonyl (C=O) groups is 2. The van der Waals surface area contributed by atoms with Crippen LogP contribution in [0.25, 0.3) is 5.69 Å². The number of halogens is 1. The number of nitrogens with zero attached hydrogens (tertiary/aromatic N) is 2. The summed E-state index contributed by atoms with van der Waals surface area (Å²) in [5, 5.41) is 12.8. The summed E-state index contributed by atoms with van der Waals surface area (Å²) in [6.07, 6.45) is 0. The third kappa shape index (κ3) is 2.04. The van der Waals surface area contributed by atoms with Gasteiger partial charge in [0, 0.05) is 18.2 Å². The van der Waals surface area contributed by atoms with Gasteiger partial charge in [-0.3, -0.25) is 34.4 Å². The third-order valence-electron chi connectivity index (χ3n) is 3.66. The van der Waals surface area contributed by atoms with Crippen LogP contribution in [-0.2, 0) is 0 Å². The van der Waals surface area contributed by atoms with E-state index in [1.807, 2.05) is 5.32 Å². The molecule has 0 unspecified atom stereocenters. The molecule has 24 heavy (non-hydrogen) atoms. The minimum absolute atomic E-state index is 0.0597. The van der Waals surface area contributed by atoms with Crippen molar-refractivity contribution in [3.8, 4) is 5.69 Å². The van der Waals surface area contributed by atoms with Gasteiger partial charge < -0.3 is 5.73 Å². The number of nitro benzene ring substituents is 1. The van der Waals surface area contributed by atoms with Crippen molar-refractivity contribution in [2.75, 3.05) is 5.73 Å². The molecule has 2 heterocycles. The number of nitrogens with one attached hydrogen (secondary N) is 1. The van der Waals surface area contributed by atoms with E-state index >= 15 is 0 Å². The van der Waals surface area contributed by atoms with Crippen molar-refractivity contribution in [2.45, 2.75) is 6.92 Å². The average molecular weight is 332 g/mol. The topological polar surface area (TPSA) is 137 Å². The number of aromatic nitrogens is 1. The van der Waals surface area contributed by atoms with Crippen LogP contribution in [0, 0.1) is 22.9 Å². The van der Waals surface area contributed by atoms with Crippen molar-refractivity contribution in [3.63, 3.8) is 0 Å². The van der Waals surface area contributed by atoms with Crippen molar-refractivity contribution in [1.82, 2.24) is 9.88 Å². The lowest BCUT2D eigenvalue weighted by atomic mass is 10.1. The maximum atomic E-state index is 13.9. The molecule has 2 aromatic rings. The number of carbonyl (C=O) groups excluding carboxylic acids is 2. The van der Waals surface area contributed by atoms with E-state index in [9.17, 15) is 28.9 Å². The molecule has 0 radical (unpaired) electrons. The monoisotopic (exact) mass is 332 g/mol. The molecule has 1 aromatic heterocycles. The molecule has 0 aliphatic carbocycles. The van der Waals surface area contributed by atoms with Gasteiger partial charge in [-0.1, -0.05) is 0 Å². The number of imide groups is 1. The molecule has 0 atom stereocenters. The Labute approximate surface area is 132 Å². The van der Waals surface area contributed by atoms with Gasteiger partial charge in [-0.2, -0.15) is 4.39 Å². The average Bonchev–Trinajstić information content (AvgIpc) is 2.76. The van der Waals surface area contributed by atoms with Crippen LogP contribution in [0.1, 0.15) is 26.3 Å². The fourth-order valence-electron chi connectivity index (χ4n) is 2.56. The summed E-state index contributed by atoms with van der Waals surface area (Å²) in [6, 6.07) is 2.64. The van der Waals surface area contributed by atoms with Gasteiger partial charge in [-0.15, -0.1) is 0 Å². The standard InChI is InChI=1S/C14H9FN4O5/c1-5-2-9(19(23)24)7(15)4-8(5)18-10(20)3-6-11(12(18)16)14(22)17-13(6)21/h2-4H,16H2,1H3,(H,17,21,22). The number of nitro groups is 1. The molecular formula is C14H9FN4O5. The Bertz CT molecular complexity index is 1010. The second-order valence-electron chi connectivity index (χ2n) is 5.12. The summed E-state index contributed by atoms with van der Waals surface area (Å²) in [7, 11) is 0. The van der Waals surface area contributed by atoms with Crippen molar-refractivity contribution < 1.29 is 18.9 Å². The van der Waals surface area contributed by atoms with Crippen LogP contribution in [0.2, 0.25) is 0 Å². The maximum absolute atomic E-state index is 13.9. The Hall–Kier alpha value is -3.56. The van der Waals surface area contributed by atoms with Crippen molar-refractivity contribution in [3.05, 3.63) is 61.2 Å². The smallest absolute Gasteiger partial charge is 0.305 e. The number of nitrogens with two attached hydrogens (primary N) is 1. The molecule has 0 bridgehead atoms. The largest absolute Gasteiger partial charge is 0.384 e. The molecule has 0 spiro atoms. The van der Waals surface area contributed by atoms with Gasteiger partial charge in [0.2, 0.25) is 5.82 Å². The Balaban J connectivity index is 2.33. The highest BCUT2D eigenvalue weighted by Gasteiger charge is 2.32. The molecule has 9 nitrogen and oxygen atoms in total. The summed E-state index contributed by atoms with van der Waals surface area (Å²) in [6.45, 7) is 1.42. The number of hydrogen-bond donors (Lipinski definition) is 2. The van der Waals surface area contributed by atoms with Gasteiger partial charge in [0.25, 0.3) is 17.4 Å². The highest BCUT2D eigenvalue weighted by Crippen LogP contribution is 2.28. The van der Waals surface area contributed by atoms with Gasteiger partial charge in [0.15, 0.2) is 0 Å². The van der Waals surface area contributed by atoms with E-state index in [1.165, 1.54) is 6.92 Å². The number of amides is 2.